The number of aryl methyl sites for hydroxylation is 1. The number of nitrogens with zero attached hydrogens (tertiary/aromatic N) is 1. The minimum Gasteiger partial charge on any atom is -0.477 e. The zero-order valence-corrected chi connectivity index (χ0v) is 13.9. The van der Waals surface area contributed by atoms with Gasteiger partial charge in [-0.05, 0) is 25.0 Å². The zero-order valence-electron chi connectivity index (χ0n) is 12.9. The van der Waals surface area contributed by atoms with Crippen LogP contribution in [-0.2, 0) is 0 Å². The summed E-state index contributed by atoms with van der Waals surface area (Å²) in [7, 11) is 0.908. The van der Waals surface area contributed by atoms with E-state index in [1.165, 1.54) is 18.0 Å². The van der Waals surface area contributed by atoms with E-state index < -0.39 is 0 Å². The Balaban J connectivity index is 1.60. The van der Waals surface area contributed by atoms with E-state index in [0.29, 0.717) is 0 Å². The lowest BCUT2D eigenvalue weighted by atomic mass is 10.2. The highest BCUT2D eigenvalue weighted by molar-refractivity contribution is 6.54. The van der Waals surface area contributed by atoms with Gasteiger partial charge in [0.2, 0.25) is 5.88 Å². The third-order valence-electron chi connectivity index (χ3n) is 3.42. The first kappa shape index (κ1) is 15.8. The molecule has 1 unspecified atom stereocenters. The Kier molecular flexibility index (Phi) is 6.48. The van der Waals surface area contributed by atoms with Gasteiger partial charge in [-0.25, -0.2) is 4.98 Å². The number of aromatic nitrogens is 1. The van der Waals surface area contributed by atoms with E-state index in [2.05, 4.69) is 42.2 Å². The van der Waals surface area contributed by atoms with Gasteiger partial charge in [-0.1, -0.05) is 61.4 Å². The Morgan fingerprint density at radius 2 is 1.90 bits per heavy atom. The van der Waals surface area contributed by atoms with Gasteiger partial charge >= 0.3 is 0 Å². The van der Waals surface area contributed by atoms with E-state index in [-0.39, 0.29) is 0 Å². The van der Waals surface area contributed by atoms with E-state index in [1.807, 2.05) is 19.1 Å². The molecule has 0 saturated carbocycles. The number of ether oxygens (including phenoxy) is 1. The number of hydrogen-bond acceptors (Lipinski definition) is 2. The molecule has 110 valence electrons. The quantitative estimate of drug-likeness (QED) is 0.546. The molecule has 0 bridgehead atoms. The third kappa shape index (κ3) is 5.72. The van der Waals surface area contributed by atoms with Gasteiger partial charge in [-0.3, -0.25) is 0 Å². The van der Waals surface area contributed by atoms with Gasteiger partial charge in [0.25, 0.3) is 0 Å². The molecule has 1 aromatic carbocycles. The predicted octanol–water partition coefficient (Wildman–Crippen LogP) is 3.78. The van der Waals surface area contributed by atoms with E-state index in [4.69, 9.17) is 4.74 Å². The highest BCUT2D eigenvalue weighted by Gasteiger charge is 2.05. The molecule has 1 atom stereocenters. The molecule has 0 fully saturated rings. The fraction of sp³-hybridized carbons (Fsp3) is 0.389. The maximum atomic E-state index is 5.73. The van der Waals surface area contributed by atoms with Crippen LogP contribution in [-0.4, -0.2) is 21.1 Å². The Labute approximate surface area is 130 Å². The molecule has 0 saturated heterocycles. The van der Waals surface area contributed by atoms with Crippen molar-refractivity contribution in [2.24, 2.45) is 0 Å². The summed E-state index contributed by atoms with van der Waals surface area (Å²) >= 11 is 0. The Morgan fingerprint density at radius 3 is 2.67 bits per heavy atom. The monoisotopic (exact) mass is 297 g/mol. The lowest BCUT2D eigenvalue weighted by Crippen LogP contribution is -2.17. The summed E-state index contributed by atoms with van der Waals surface area (Å²) in [5, 5.41) is 1.46. The summed E-state index contributed by atoms with van der Waals surface area (Å²) in [6.07, 6.45) is 5.36. The molecular formula is C18H23NOSi. The number of hydrogen-bond donors (Lipinski definition) is 0. The zero-order chi connectivity index (χ0) is 14.9. The van der Waals surface area contributed by atoms with Crippen LogP contribution < -0.4 is 9.92 Å². The Hall–Kier alpha value is -1.61. The summed E-state index contributed by atoms with van der Waals surface area (Å²) in [4.78, 5) is 4.25. The van der Waals surface area contributed by atoms with Crippen LogP contribution >= 0.6 is 0 Å². The van der Waals surface area contributed by atoms with E-state index >= 15 is 0 Å². The molecule has 0 aliphatic rings. The van der Waals surface area contributed by atoms with Gasteiger partial charge in [0, 0.05) is 11.8 Å². The third-order valence-corrected chi connectivity index (χ3v) is 4.87. The fourth-order valence-electron chi connectivity index (χ4n) is 2.23. The van der Waals surface area contributed by atoms with Crippen LogP contribution in [0.2, 0.25) is 5.54 Å². The lowest BCUT2D eigenvalue weighted by molar-refractivity contribution is 0.292. The van der Waals surface area contributed by atoms with Crippen LogP contribution in [0, 0.1) is 6.92 Å². The summed E-state index contributed by atoms with van der Waals surface area (Å²) in [6.45, 7) is 5.14. The molecule has 0 aliphatic heterocycles. The largest absolute Gasteiger partial charge is 0.477 e. The van der Waals surface area contributed by atoms with Gasteiger partial charge in [-0.2, -0.15) is 0 Å². The van der Waals surface area contributed by atoms with Crippen molar-refractivity contribution in [2.75, 3.05) is 6.61 Å². The van der Waals surface area contributed by atoms with Crippen LogP contribution in [0.15, 0.2) is 48.7 Å². The number of pyridine rings is 1. The number of unbranched alkanes of at least 4 members (excludes halogenated alkanes) is 1. The highest BCUT2D eigenvalue weighted by Crippen LogP contribution is 2.15. The van der Waals surface area contributed by atoms with Crippen LogP contribution in [0.3, 0.4) is 0 Å². The Morgan fingerprint density at radius 1 is 1.10 bits per heavy atom. The summed E-state index contributed by atoms with van der Waals surface area (Å²) in [6, 6.07) is 14.7. The topological polar surface area (TPSA) is 22.1 Å². The maximum Gasteiger partial charge on any atom is 0.216 e. The van der Waals surface area contributed by atoms with E-state index in [1.54, 1.807) is 6.20 Å². The molecule has 21 heavy (non-hydrogen) atoms. The molecule has 0 N–H and O–H groups in total. The molecule has 1 heterocycles. The predicted molar refractivity (Wildman–Crippen MR) is 89.6 cm³/mol. The molecule has 1 aromatic heterocycles. The second-order valence-electron chi connectivity index (χ2n) is 5.38. The van der Waals surface area contributed by atoms with Gasteiger partial charge in [-0.15, -0.1) is 0 Å². The van der Waals surface area contributed by atoms with Gasteiger partial charge in [0.1, 0.15) is 0 Å². The SMILES string of the molecule is Cc1cccnc1OCCCCC(C)[Si]c1ccccc1. The van der Waals surface area contributed by atoms with Crippen LogP contribution in [0.25, 0.3) is 0 Å². The minimum absolute atomic E-state index is 0.754. The van der Waals surface area contributed by atoms with Crippen molar-refractivity contribution in [1.29, 1.82) is 0 Å². The molecule has 2 radical (unpaired) electrons. The molecular weight excluding hydrogens is 274 g/mol. The lowest BCUT2D eigenvalue weighted by Gasteiger charge is -2.11. The van der Waals surface area contributed by atoms with Crippen molar-refractivity contribution in [3.63, 3.8) is 0 Å². The highest BCUT2D eigenvalue weighted by atomic mass is 28.2. The molecule has 2 rings (SSSR count). The average molecular weight is 297 g/mol. The molecule has 0 amide bonds. The molecule has 0 spiro atoms. The Bertz CT molecular complexity index is 530. The standard InChI is InChI=1S/C18H23NOSi/c1-15-9-8-13-19-18(15)20-14-7-6-10-16(2)21-17-11-4-3-5-12-17/h3-5,8-9,11-13,16H,6-7,10,14H2,1-2H3. The summed E-state index contributed by atoms with van der Waals surface area (Å²) in [5.41, 5.74) is 1.86. The van der Waals surface area contributed by atoms with Gasteiger partial charge < -0.3 is 4.74 Å². The van der Waals surface area contributed by atoms with Crippen molar-refractivity contribution < 1.29 is 4.74 Å². The second kappa shape index (κ2) is 8.62. The van der Waals surface area contributed by atoms with Gasteiger partial charge in [0.05, 0.1) is 16.1 Å². The number of rotatable bonds is 8. The fourth-order valence-corrected chi connectivity index (χ4v) is 3.54. The number of benzene rings is 1. The van der Waals surface area contributed by atoms with Crippen molar-refractivity contribution in [2.45, 2.75) is 38.7 Å². The van der Waals surface area contributed by atoms with Crippen molar-refractivity contribution in [3.05, 3.63) is 54.2 Å². The first-order valence-corrected chi connectivity index (χ1v) is 8.69. The molecule has 2 nitrogen and oxygen atoms in total. The van der Waals surface area contributed by atoms with Crippen LogP contribution in [0.5, 0.6) is 5.88 Å². The van der Waals surface area contributed by atoms with Crippen molar-refractivity contribution >= 4 is 14.7 Å². The van der Waals surface area contributed by atoms with Gasteiger partial charge in [0.15, 0.2) is 0 Å². The van der Waals surface area contributed by atoms with E-state index in [9.17, 15) is 0 Å². The smallest absolute Gasteiger partial charge is 0.216 e. The van der Waals surface area contributed by atoms with Crippen molar-refractivity contribution in [3.8, 4) is 5.88 Å². The molecule has 0 aliphatic carbocycles. The maximum absolute atomic E-state index is 5.73. The summed E-state index contributed by atoms with van der Waals surface area (Å²) in [5.74, 6) is 0.775. The van der Waals surface area contributed by atoms with Crippen LogP contribution in [0.1, 0.15) is 31.7 Å². The van der Waals surface area contributed by atoms with Crippen molar-refractivity contribution in [1.82, 2.24) is 4.98 Å². The molecule has 2 aromatic rings. The first-order valence-electron chi connectivity index (χ1n) is 7.61. The normalized spacial score (nSPS) is 12.1. The molecule has 3 heteroatoms. The first-order chi connectivity index (χ1) is 10.3. The van der Waals surface area contributed by atoms with E-state index in [0.717, 1.165) is 39.5 Å². The average Bonchev–Trinajstić information content (AvgIpc) is 2.50. The van der Waals surface area contributed by atoms with Crippen LogP contribution in [0.4, 0.5) is 0 Å². The summed E-state index contributed by atoms with van der Waals surface area (Å²) < 4.78 is 5.73. The second-order valence-corrected chi connectivity index (χ2v) is 7.23. The minimum atomic E-state index is 0.754.